The molecular formula is C48H40O4Ti. The zero-order valence-electron chi connectivity index (χ0n) is 29.1. The number of benzene rings is 8. The van der Waals surface area contributed by atoms with E-state index in [0.717, 1.165) is 44.5 Å². The van der Waals surface area contributed by atoms with Crippen LogP contribution in [0.2, 0.25) is 0 Å². The summed E-state index contributed by atoms with van der Waals surface area (Å²) < 4.78 is 0. The number of phenolic OH excluding ortho intramolecular Hbond substituents is 4. The van der Waals surface area contributed by atoms with Gasteiger partial charge < -0.3 is 20.4 Å². The Morgan fingerprint density at radius 1 is 0.189 bits per heavy atom. The van der Waals surface area contributed by atoms with Crippen molar-refractivity contribution in [2.45, 2.75) is 0 Å². The Balaban J connectivity index is 0.000000157. The van der Waals surface area contributed by atoms with Crippen LogP contribution in [-0.2, 0) is 21.7 Å². The van der Waals surface area contributed by atoms with Crippen molar-refractivity contribution < 1.29 is 42.1 Å². The van der Waals surface area contributed by atoms with E-state index in [1.165, 1.54) is 0 Å². The third-order valence-electron chi connectivity index (χ3n) is 7.96. The Labute approximate surface area is 326 Å². The fraction of sp³-hybridized carbons (Fsp3) is 0. The SMILES string of the molecule is Oc1ccccc1-c1ccccc1.Oc1ccccc1-c1ccccc1.Oc1ccccc1-c1ccccc1.Oc1ccccc1-c1ccccc1.[Ti]. The molecule has 0 fully saturated rings. The summed E-state index contributed by atoms with van der Waals surface area (Å²) in [6.45, 7) is 0. The Morgan fingerprint density at radius 3 is 0.509 bits per heavy atom. The number of hydrogen-bond acceptors (Lipinski definition) is 4. The first-order valence-corrected chi connectivity index (χ1v) is 16.8. The summed E-state index contributed by atoms with van der Waals surface area (Å²) in [5, 5.41) is 38.3. The van der Waals surface area contributed by atoms with Gasteiger partial charge in [-0.2, -0.15) is 0 Å². The quantitative estimate of drug-likeness (QED) is 0.136. The maximum Gasteiger partial charge on any atom is 0.123 e. The second kappa shape index (κ2) is 21.1. The minimum absolute atomic E-state index is 0. The van der Waals surface area contributed by atoms with Crippen molar-refractivity contribution in [1.29, 1.82) is 0 Å². The average molecular weight is 729 g/mol. The molecule has 0 unspecified atom stereocenters. The first kappa shape index (κ1) is 39.5. The van der Waals surface area contributed by atoms with Crippen molar-refractivity contribution in [3.8, 4) is 67.5 Å². The van der Waals surface area contributed by atoms with Gasteiger partial charge in [-0.15, -0.1) is 0 Å². The summed E-state index contributed by atoms with van der Waals surface area (Å²) in [5.74, 6) is 1.31. The number of phenols is 4. The zero-order valence-corrected chi connectivity index (χ0v) is 30.6. The van der Waals surface area contributed by atoms with Crippen molar-refractivity contribution in [1.82, 2.24) is 0 Å². The van der Waals surface area contributed by atoms with Gasteiger partial charge >= 0.3 is 0 Å². The topological polar surface area (TPSA) is 80.9 Å². The van der Waals surface area contributed by atoms with Crippen LogP contribution in [0.5, 0.6) is 23.0 Å². The van der Waals surface area contributed by atoms with E-state index < -0.39 is 0 Å². The summed E-state index contributed by atoms with van der Waals surface area (Å²) in [6, 6.07) is 68.8. The van der Waals surface area contributed by atoms with Gasteiger partial charge in [-0.25, -0.2) is 0 Å². The first-order chi connectivity index (χ1) is 25.5. The molecular weight excluding hydrogens is 688 g/mol. The van der Waals surface area contributed by atoms with Gasteiger partial charge in [0.1, 0.15) is 23.0 Å². The maximum atomic E-state index is 9.56. The minimum atomic E-state index is 0. The van der Waals surface area contributed by atoms with Crippen LogP contribution in [0.1, 0.15) is 0 Å². The minimum Gasteiger partial charge on any atom is -0.507 e. The van der Waals surface area contributed by atoms with Crippen LogP contribution < -0.4 is 0 Å². The third kappa shape index (κ3) is 11.9. The Morgan fingerprint density at radius 2 is 0.340 bits per heavy atom. The normalized spacial score (nSPS) is 9.66. The van der Waals surface area contributed by atoms with Crippen LogP contribution >= 0.6 is 0 Å². The standard InChI is InChI=1S/4C12H10O.Ti/c4*13-12-9-5-4-8-11(12)10-6-2-1-3-7-10;/h4*1-9,13H;. The molecule has 0 atom stereocenters. The molecule has 53 heavy (non-hydrogen) atoms. The second-order valence-corrected chi connectivity index (χ2v) is 11.5. The van der Waals surface area contributed by atoms with Gasteiger partial charge in [0.2, 0.25) is 0 Å². The molecule has 0 saturated carbocycles. The Hall–Kier alpha value is -6.33. The van der Waals surface area contributed by atoms with E-state index in [1.807, 2.05) is 194 Å². The molecule has 0 aliphatic heterocycles. The van der Waals surface area contributed by atoms with Gasteiger partial charge in [-0.1, -0.05) is 194 Å². The third-order valence-corrected chi connectivity index (χ3v) is 7.96. The van der Waals surface area contributed by atoms with E-state index in [2.05, 4.69) is 0 Å². The smallest absolute Gasteiger partial charge is 0.123 e. The van der Waals surface area contributed by atoms with E-state index >= 15 is 0 Å². The van der Waals surface area contributed by atoms with Crippen LogP contribution in [0.15, 0.2) is 218 Å². The van der Waals surface area contributed by atoms with Gasteiger partial charge in [0.05, 0.1) is 0 Å². The van der Waals surface area contributed by atoms with Gasteiger partial charge in [-0.05, 0) is 46.5 Å². The van der Waals surface area contributed by atoms with E-state index in [-0.39, 0.29) is 21.7 Å². The van der Waals surface area contributed by atoms with Crippen molar-refractivity contribution in [3.63, 3.8) is 0 Å². The first-order valence-electron chi connectivity index (χ1n) is 16.8. The molecule has 8 rings (SSSR count). The summed E-state index contributed by atoms with van der Waals surface area (Å²) in [4.78, 5) is 0. The number of hydrogen-bond donors (Lipinski definition) is 4. The molecule has 4 N–H and O–H groups in total. The predicted molar refractivity (Wildman–Crippen MR) is 214 cm³/mol. The molecule has 8 aromatic rings. The molecule has 0 heterocycles. The van der Waals surface area contributed by atoms with Gasteiger partial charge in [0, 0.05) is 44.0 Å². The van der Waals surface area contributed by atoms with Crippen LogP contribution in [0.4, 0.5) is 0 Å². The summed E-state index contributed by atoms with van der Waals surface area (Å²) in [7, 11) is 0. The number of rotatable bonds is 4. The molecule has 0 radical (unpaired) electrons. The Bertz CT molecular complexity index is 1900. The van der Waals surface area contributed by atoms with E-state index in [0.29, 0.717) is 23.0 Å². The molecule has 0 aliphatic carbocycles. The molecule has 0 spiro atoms. The summed E-state index contributed by atoms with van der Waals surface area (Å²) in [6.07, 6.45) is 0. The van der Waals surface area contributed by atoms with Gasteiger partial charge in [-0.3, -0.25) is 0 Å². The van der Waals surface area contributed by atoms with Crippen LogP contribution in [0.25, 0.3) is 44.5 Å². The fourth-order valence-electron chi connectivity index (χ4n) is 5.34. The monoisotopic (exact) mass is 728 g/mol. The predicted octanol–water partition coefficient (Wildman–Crippen LogP) is 12.2. The van der Waals surface area contributed by atoms with Crippen LogP contribution in [-0.4, -0.2) is 20.4 Å². The molecule has 8 aromatic carbocycles. The van der Waals surface area contributed by atoms with E-state index in [4.69, 9.17) is 0 Å². The summed E-state index contributed by atoms with van der Waals surface area (Å²) >= 11 is 0. The largest absolute Gasteiger partial charge is 0.507 e. The van der Waals surface area contributed by atoms with E-state index in [1.54, 1.807) is 24.3 Å². The fourth-order valence-corrected chi connectivity index (χ4v) is 5.34. The maximum absolute atomic E-state index is 9.56. The molecule has 5 heteroatoms. The number of para-hydroxylation sites is 4. The van der Waals surface area contributed by atoms with Crippen LogP contribution in [0.3, 0.4) is 0 Å². The molecule has 0 saturated heterocycles. The Kier molecular flexibility index (Phi) is 15.7. The molecule has 260 valence electrons. The van der Waals surface area contributed by atoms with Crippen molar-refractivity contribution in [2.75, 3.05) is 0 Å². The zero-order chi connectivity index (χ0) is 36.4. The van der Waals surface area contributed by atoms with E-state index in [9.17, 15) is 20.4 Å². The van der Waals surface area contributed by atoms with Crippen molar-refractivity contribution in [2.24, 2.45) is 0 Å². The molecule has 0 aromatic heterocycles. The van der Waals surface area contributed by atoms with Crippen molar-refractivity contribution in [3.05, 3.63) is 218 Å². The summed E-state index contributed by atoms with van der Waals surface area (Å²) in [5.41, 5.74) is 7.68. The van der Waals surface area contributed by atoms with Gasteiger partial charge in [0.15, 0.2) is 0 Å². The van der Waals surface area contributed by atoms with Gasteiger partial charge in [0.25, 0.3) is 0 Å². The second-order valence-electron chi connectivity index (χ2n) is 11.5. The molecule has 0 amide bonds. The average Bonchev–Trinajstić information content (AvgIpc) is 3.21. The van der Waals surface area contributed by atoms with Crippen molar-refractivity contribution >= 4 is 0 Å². The molecule has 0 aliphatic rings. The number of aromatic hydroxyl groups is 4. The van der Waals surface area contributed by atoms with Crippen LogP contribution in [0, 0.1) is 0 Å². The molecule has 0 bridgehead atoms. The molecule has 4 nitrogen and oxygen atoms in total.